The van der Waals surface area contributed by atoms with Gasteiger partial charge in [0.05, 0.1) is 6.26 Å². The largest absolute Gasteiger partial charge is 0.489 e. The molecule has 1 atom stereocenters. The molecule has 1 aliphatic rings. The van der Waals surface area contributed by atoms with Gasteiger partial charge in [0.15, 0.2) is 5.76 Å². The Balaban J connectivity index is 1.32. The fourth-order valence-electron chi connectivity index (χ4n) is 3.74. The van der Waals surface area contributed by atoms with E-state index < -0.39 is 0 Å². The SMILES string of the molecule is O=C(NC1CCCN(Cc2ccccc2)C1)c1occc1COc1ccccc1. The van der Waals surface area contributed by atoms with Crippen molar-refractivity contribution in [3.63, 3.8) is 0 Å². The molecular weight excluding hydrogens is 364 g/mol. The number of hydrogen-bond donors (Lipinski definition) is 1. The summed E-state index contributed by atoms with van der Waals surface area (Å²) in [6.07, 6.45) is 3.59. The average Bonchev–Trinajstić information content (AvgIpc) is 3.23. The summed E-state index contributed by atoms with van der Waals surface area (Å²) in [6, 6.07) is 21.9. The lowest BCUT2D eigenvalue weighted by Crippen LogP contribution is -2.47. The predicted molar refractivity (Wildman–Crippen MR) is 112 cm³/mol. The van der Waals surface area contributed by atoms with Crippen molar-refractivity contribution in [2.24, 2.45) is 0 Å². The first-order valence-corrected chi connectivity index (χ1v) is 10.1. The standard InChI is InChI=1S/C24H26N2O3/c27-24(23-20(13-15-28-23)18-29-22-11-5-2-6-12-22)25-21-10-7-14-26(17-21)16-19-8-3-1-4-9-19/h1-6,8-9,11-13,15,21H,7,10,14,16-18H2,(H,25,27). The van der Waals surface area contributed by atoms with Crippen molar-refractivity contribution >= 4 is 5.91 Å². The van der Waals surface area contributed by atoms with Crippen molar-refractivity contribution in [2.75, 3.05) is 13.1 Å². The summed E-state index contributed by atoms with van der Waals surface area (Å²) in [6.45, 7) is 3.10. The number of benzene rings is 2. The van der Waals surface area contributed by atoms with Gasteiger partial charge in [0.2, 0.25) is 0 Å². The molecule has 1 aromatic heterocycles. The van der Waals surface area contributed by atoms with Gasteiger partial charge in [-0.3, -0.25) is 9.69 Å². The molecule has 1 N–H and O–H groups in total. The highest BCUT2D eigenvalue weighted by Crippen LogP contribution is 2.18. The van der Waals surface area contributed by atoms with Crippen LogP contribution in [0.5, 0.6) is 5.75 Å². The molecule has 1 fully saturated rings. The Morgan fingerprint density at radius 1 is 1.07 bits per heavy atom. The van der Waals surface area contributed by atoms with Crippen LogP contribution < -0.4 is 10.1 Å². The van der Waals surface area contributed by atoms with Crippen LogP contribution in [0.3, 0.4) is 0 Å². The van der Waals surface area contributed by atoms with E-state index in [1.54, 1.807) is 12.3 Å². The lowest BCUT2D eigenvalue weighted by molar-refractivity contribution is 0.0869. The monoisotopic (exact) mass is 390 g/mol. The van der Waals surface area contributed by atoms with E-state index in [2.05, 4.69) is 34.5 Å². The molecule has 1 saturated heterocycles. The Kier molecular flexibility index (Phi) is 6.27. The molecule has 5 heteroatoms. The quantitative estimate of drug-likeness (QED) is 0.655. The number of carbonyl (C=O) groups is 1. The molecule has 4 rings (SSSR count). The molecule has 2 aromatic carbocycles. The molecule has 1 amide bonds. The molecule has 29 heavy (non-hydrogen) atoms. The molecule has 150 valence electrons. The molecular formula is C24H26N2O3. The first-order chi connectivity index (χ1) is 14.3. The minimum Gasteiger partial charge on any atom is -0.489 e. The molecule has 0 radical (unpaired) electrons. The maximum absolute atomic E-state index is 12.8. The first kappa shape index (κ1) is 19.3. The molecule has 1 aliphatic heterocycles. The van der Waals surface area contributed by atoms with Crippen LogP contribution >= 0.6 is 0 Å². The van der Waals surface area contributed by atoms with E-state index in [4.69, 9.17) is 9.15 Å². The molecule has 2 heterocycles. The number of carbonyl (C=O) groups excluding carboxylic acids is 1. The number of para-hydroxylation sites is 1. The zero-order chi connectivity index (χ0) is 19.9. The molecule has 0 aliphatic carbocycles. The number of likely N-dealkylation sites (tertiary alicyclic amines) is 1. The van der Waals surface area contributed by atoms with E-state index in [1.807, 2.05) is 36.4 Å². The van der Waals surface area contributed by atoms with Gasteiger partial charge >= 0.3 is 0 Å². The summed E-state index contributed by atoms with van der Waals surface area (Å²) < 4.78 is 11.2. The van der Waals surface area contributed by atoms with Crippen LogP contribution in [0.4, 0.5) is 0 Å². The fourth-order valence-corrected chi connectivity index (χ4v) is 3.74. The third kappa shape index (κ3) is 5.27. The summed E-state index contributed by atoms with van der Waals surface area (Å²) >= 11 is 0. The van der Waals surface area contributed by atoms with Crippen LogP contribution in [0, 0.1) is 0 Å². The van der Waals surface area contributed by atoms with Crippen molar-refractivity contribution in [3.05, 3.63) is 89.9 Å². The number of ether oxygens (including phenoxy) is 1. The maximum atomic E-state index is 12.8. The predicted octanol–water partition coefficient (Wildman–Crippen LogP) is 4.25. The van der Waals surface area contributed by atoms with Gasteiger partial charge in [0, 0.05) is 24.7 Å². The van der Waals surface area contributed by atoms with Crippen LogP contribution in [-0.4, -0.2) is 29.9 Å². The zero-order valence-corrected chi connectivity index (χ0v) is 16.4. The number of rotatable bonds is 7. The van der Waals surface area contributed by atoms with Crippen LogP contribution in [-0.2, 0) is 13.2 Å². The smallest absolute Gasteiger partial charge is 0.287 e. The molecule has 3 aromatic rings. The van der Waals surface area contributed by atoms with Crippen LogP contribution in [0.15, 0.2) is 77.4 Å². The van der Waals surface area contributed by atoms with E-state index in [9.17, 15) is 4.79 Å². The van der Waals surface area contributed by atoms with Crippen molar-refractivity contribution in [3.8, 4) is 5.75 Å². The lowest BCUT2D eigenvalue weighted by atomic mass is 10.0. The van der Waals surface area contributed by atoms with Gasteiger partial charge < -0.3 is 14.5 Å². The lowest BCUT2D eigenvalue weighted by Gasteiger charge is -2.33. The first-order valence-electron chi connectivity index (χ1n) is 10.1. The van der Waals surface area contributed by atoms with Gasteiger partial charge in [0.1, 0.15) is 12.4 Å². The number of furan rings is 1. The Morgan fingerprint density at radius 2 is 1.83 bits per heavy atom. The number of piperidine rings is 1. The topological polar surface area (TPSA) is 54.7 Å². The van der Waals surface area contributed by atoms with Crippen molar-refractivity contribution in [2.45, 2.75) is 32.0 Å². The summed E-state index contributed by atoms with van der Waals surface area (Å²) in [5.74, 6) is 0.929. The molecule has 1 unspecified atom stereocenters. The number of hydrogen-bond acceptors (Lipinski definition) is 4. The van der Waals surface area contributed by atoms with Gasteiger partial charge in [0.25, 0.3) is 5.91 Å². The van der Waals surface area contributed by atoms with Crippen LogP contribution in [0.25, 0.3) is 0 Å². The second kappa shape index (κ2) is 9.43. The maximum Gasteiger partial charge on any atom is 0.287 e. The highest BCUT2D eigenvalue weighted by Gasteiger charge is 2.24. The highest BCUT2D eigenvalue weighted by atomic mass is 16.5. The van der Waals surface area contributed by atoms with Gasteiger partial charge in [-0.15, -0.1) is 0 Å². The van der Waals surface area contributed by atoms with Crippen molar-refractivity contribution < 1.29 is 13.9 Å². The van der Waals surface area contributed by atoms with E-state index in [0.29, 0.717) is 12.4 Å². The second-order valence-electron chi connectivity index (χ2n) is 7.41. The van der Waals surface area contributed by atoms with Gasteiger partial charge in [-0.2, -0.15) is 0 Å². The third-order valence-corrected chi connectivity index (χ3v) is 5.18. The van der Waals surface area contributed by atoms with Crippen molar-refractivity contribution in [1.82, 2.24) is 10.2 Å². The fraction of sp³-hybridized carbons (Fsp3) is 0.292. The van der Waals surface area contributed by atoms with E-state index in [0.717, 1.165) is 43.8 Å². The zero-order valence-electron chi connectivity index (χ0n) is 16.4. The summed E-state index contributed by atoms with van der Waals surface area (Å²) in [5, 5.41) is 3.15. The molecule has 0 spiro atoms. The van der Waals surface area contributed by atoms with Gasteiger partial charge in [-0.25, -0.2) is 0 Å². The summed E-state index contributed by atoms with van der Waals surface area (Å²) in [7, 11) is 0. The normalized spacial score (nSPS) is 17.0. The van der Waals surface area contributed by atoms with E-state index in [1.165, 1.54) is 5.56 Å². The number of nitrogens with zero attached hydrogens (tertiary/aromatic N) is 1. The van der Waals surface area contributed by atoms with E-state index in [-0.39, 0.29) is 11.9 Å². The third-order valence-electron chi connectivity index (χ3n) is 5.18. The minimum atomic E-state index is -0.173. The van der Waals surface area contributed by atoms with E-state index >= 15 is 0 Å². The average molecular weight is 390 g/mol. The Bertz CT molecular complexity index is 908. The van der Waals surface area contributed by atoms with Crippen LogP contribution in [0.1, 0.15) is 34.5 Å². The number of amides is 1. The number of nitrogens with one attached hydrogen (secondary N) is 1. The Morgan fingerprint density at radius 3 is 2.62 bits per heavy atom. The highest BCUT2D eigenvalue weighted by molar-refractivity contribution is 5.93. The summed E-state index contributed by atoms with van der Waals surface area (Å²) in [5.41, 5.74) is 2.05. The second-order valence-corrected chi connectivity index (χ2v) is 7.41. The molecule has 0 bridgehead atoms. The molecule has 5 nitrogen and oxygen atoms in total. The minimum absolute atomic E-state index is 0.118. The van der Waals surface area contributed by atoms with Gasteiger partial charge in [-0.1, -0.05) is 48.5 Å². The summed E-state index contributed by atoms with van der Waals surface area (Å²) in [4.78, 5) is 15.2. The van der Waals surface area contributed by atoms with Gasteiger partial charge in [-0.05, 0) is 43.1 Å². The molecule has 0 saturated carbocycles. The van der Waals surface area contributed by atoms with Crippen molar-refractivity contribution in [1.29, 1.82) is 0 Å². The Hall–Kier alpha value is -3.05. The Labute approximate surface area is 171 Å². The van der Waals surface area contributed by atoms with Crippen LogP contribution in [0.2, 0.25) is 0 Å².